The zero-order valence-electron chi connectivity index (χ0n) is 14.5. The second kappa shape index (κ2) is 8.61. The number of amides is 1. The van der Waals surface area contributed by atoms with Gasteiger partial charge in [-0.15, -0.1) is 11.3 Å². The molecule has 8 heteroatoms. The Hall–Kier alpha value is -2.28. The Bertz CT molecular complexity index is 952. The lowest BCUT2D eigenvalue weighted by molar-refractivity contribution is -0.115. The van der Waals surface area contributed by atoms with E-state index in [2.05, 4.69) is 10.3 Å². The van der Waals surface area contributed by atoms with Crippen LogP contribution in [0.25, 0.3) is 10.6 Å². The first-order chi connectivity index (χ1) is 13.0. The van der Waals surface area contributed by atoms with E-state index in [1.807, 2.05) is 36.6 Å². The van der Waals surface area contributed by atoms with Crippen molar-refractivity contribution in [1.29, 1.82) is 0 Å². The molecule has 0 spiro atoms. The second-order valence-corrected chi connectivity index (χ2v) is 7.32. The summed E-state index contributed by atoms with van der Waals surface area (Å²) in [6.45, 7) is 2.51. The first-order valence-corrected chi connectivity index (χ1v) is 9.82. The Morgan fingerprint density at radius 2 is 1.96 bits per heavy atom. The lowest BCUT2D eigenvalue weighted by atomic mass is 10.2. The number of anilines is 2. The van der Waals surface area contributed by atoms with Gasteiger partial charge in [0.25, 0.3) is 0 Å². The first-order valence-electron chi connectivity index (χ1n) is 8.19. The maximum absolute atomic E-state index is 12.3. The highest BCUT2D eigenvalue weighted by molar-refractivity contribution is 7.13. The molecule has 3 N–H and O–H groups in total. The van der Waals surface area contributed by atoms with Gasteiger partial charge in [-0.25, -0.2) is 4.98 Å². The van der Waals surface area contributed by atoms with Crippen LogP contribution in [0.4, 0.5) is 11.4 Å². The van der Waals surface area contributed by atoms with Crippen molar-refractivity contribution in [3.05, 3.63) is 57.5 Å². The van der Waals surface area contributed by atoms with Crippen LogP contribution >= 0.6 is 34.5 Å². The summed E-state index contributed by atoms with van der Waals surface area (Å²) in [5, 5.41) is 6.01. The molecule has 0 radical (unpaired) electrons. The van der Waals surface area contributed by atoms with Gasteiger partial charge in [0, 0.05) is 11.1 Å². The lowest BCUT2D eigenvalue weighted by Crippen LogP contribution is -2.14. The fourth-order valence-electron chi connectivity index (χ4n) is 2.46. The molecule has 140 valence electrons. The van der Waals surface area contributed by atoms with Crippen molar-refractivity contribution in [2.75, 3.05) is 17.7 Å². The minimum Gasteiger partial charge on any atom is -0.493 e. The van der Waals surface area contributed by atoms with E-state index in [1.165, 1.54) is 11.3 Å². The summed E-state index contributed by atoms with van der Waals surface area (Å²) in [6.07, 6.45) is 0.132. The highest BCUT2D eigenvalue weighted by atomic mass is 35.5. The maximum Gasteiger partial charge on any atom is 0.230 e. The van der Waals surface area contributed by atoms with Gasteiger partial charge in [0.05, 0.1) is 40.0 Å². The number of thiazole rings is 1. The Balaban J connectivity index is 1.72. The van der Waals surface area contributed by atoms with Crippen molar-refractivity contribution >= 4 is 51.8 Å². The summed E-state index contributed by atoms with van der Waals surface area (Å²) < 4.78 is 5.64. The van der Waals surface area contributed by atoms with Crippen LogP contribution in [0.5, 0.6) is 5.75 Å². The van der Waals surface area contributed by atoms with Gasteiger partial charge in [-0.2, -0.15) is 0 Å². The highest BCUT2D eigenvalue weighted by Crippen LogP contribution is 2.33. The van der Waals surface area contributed by atoms with Crippen molar-refractivity contribution in [2.45, 2.75) is 13.3 Å². The molecule has 0 saturated heterocycles. The zero-order valence-corrected chi connectivity index (χ0v) is 16.8. The highest BCUT2D eigenvalue weighted by Gasteiger charge is 2.13. The average Bonchev–Trinajstić information content (AvgIpc) is 3.08. The van der Waals surface area contributed by atoms with Crippen LogP contribution in [0, 0.1) is 0 Å². The number of carbonyl (C=O) groups excluding carboxylic acids is 1. The third-order valence-electron chi connectivity index (χ3n) is 3.67. The molecule has 3 aromatic rings. The number of aromatic nitrogens is 1. The molecule has 0 unspecified atom stereocenters. The largest absolute Gasteiger partial charge is 0.493 e. The second-order valence-electron chi connectivity index (χ2n) is 5.65. The number of halogens is 2. The van der Waals surface area contributed by atoms with Crippen molar-refractivity contribution in [3.8, 4) is 16.3 Å². The molecule has 0 aliphatic heterocycles. The Kier molecular flexibility index (Phi) is 6.21. The van der Waals surface area contributed by atoms with E-state index in [0.29, 0.717) is 28.0 Å². The predicted molar refractivity (Wildman–Crippen MR) is 112 cm³/mol. The fourth-order valence-corrected chi connectivity index (χ4v) is 3.80. The number of para-hydroxylation sites is 1. The normalized spacial score (nSPS) is 10.6. The number of carbonyl (C=O) groups is 1. The van der Waals surface area contributed by atoms with Crippen LogP contribution in [0.3, 0.4) is 0 Å². The molecule has 27 heavy (non-hydrogen) atoms. The molecule has 0 fully saturated rings. The number of nitrogen functional groups attached to an aromatic ring is 1. The number of ether oxygens (including phenoxy) is 1. The SMILES string of the molecule is CCOc1ccccc1-c1nc(CC(=O)Nc2cc(Cl)c(N)c(Cl)c2)cs1. The van der Waals surface area contributed by atoms with Gasteiger partial charge in [-0.1, -0.05) is 35.3 Å². The van der Waals surface area contributed by atoms with Gasteiger partial charge in [-0.05, 0) is 31.2 Å². The lowest BCUT2D eigenvalue weighted by Gasteiger charge is -2.08. The third kappa shape index (κ3) is 4.71. The van der Waals surface area contributed by atoms with Gasteiger partial charge < -0.3 is 15.8 Å². The number of nitrogens with one attached hydrogen (secondary N) is 1. The molecule has 0 aliphatic carbocycles. The Morgan fingerprint density at radius 3 is 2.67 bits per heavy atom. The Morgan fingerprint density at radius 1 is 1.26 bits per heavy atom. The van der Waals surface area contributed by atoms with E-state index in [-0.39, 0.29) is 18.0 Å². The summed E-state index contributed by atoms with van der Waals surface area (Å²) in [5.74, 6) is 0.554. The van der Waals surface area contributed by atoms with Gasteiger partial charge >= 0.3 is 0 Å². The molecule has 1 amide bonds. The van der Waals surface area contributed by atoms with Crippen molar-refractivity contribution in [2.24, 2.45) is 0 Å². The summed E-state index contributed by atoms with van der Waals surface area (Å²) in [6, 6.07) is 10.8. The van der Waals surface area contributed by atoms with Crippen LogP contribution in [0.2, 0.25) is 10.0 Å². The number of hydrogen-bond donors (Lipinski definition) is 2. The first kappa shape index (κ1) is 19.5. The zero-order chi connectivity index (χ0) is 19.4. The van der Waals surface area contributed by atoms with Crippen LogP contribution in [0.1, 0.15) is 12.6 Å². The number of rotatable bonds is 6. The van der Waals surface area contributed by atoms with Gasteiger partial charge in [0.15, 0.2) is 0 Å². The standard InChI is InChI=1S/C19H17Cl2N3O2S/c1-2-26-16-6-4-3-5-13(16)19-24-12(10-27-19)9-17(25)23-11-7-14(20)18(22)15(21)8-11/h3-8,10H,2,9,22H2,1H3,(H,23,25). The number of benzene rings is 2. The third-order valence-corrected chi connectivity index (χ3v) is 5.22. The molecular formula is C19H17Cl2N3O2S. The smallest absolute Gasteiger partial charge is 0.230 e. The summed E-state index contributed by atoms with van der Waals surface area (Å²) in [4.78, 5) is 16.9. The van der Waals surface area contributed by atoms with Gasteiger partial charge in [-0.3, -0.25) is 4.79 Å². The molecule has 2 aromatic carbocycles. The van der Waals surface area contributed by atoms with Crippen molar-refractivity contribution < 1.29 is 9.53 Å². The van der Waals surface area contributed by atoms with Gasteiger partial charge in [0.1, 0.15) is 10.8 Å². The number of nitrogens with two attached hydrogens (primary N) is 1. The van der Waals surface area contributed by atoms with E-state index in [0.717, 1.165) is 16.3 Å². The molecule has 0 bridgehead atoms. The van der Waals surface area contributed by atoms with Crippen LogP contribution in [0.15, 0.2) is 41.8 Å². The minimum absolute atomic E-state index is 0.132. The summed E-state index contributed by atoms with van der Waals surface area (Å²) in [5.41, 5.74) is 8.06. The molecule has 0 atom stereocenters. The summed E-state index contributed by atoms with van der Waals surface area (Å²) >= 11 is 13.5. The van der Waals surface area contributed by atoms with E-state index in [4.69, 9.17) is 33.7 Å². The molecule has 0 aliphatic rings. The van der Waals surface area contributed by atoms with Crippen molar-refractivity contribution in [1.82, 2.24) is 4.98 Å². The average molecular weight is 422 g/mol. The fraction of sp³-hybridized carbons (Fsp3) is 0.158. The summed E-state index contributed by atoms with van der Waals surface area (Å²) in [7, 11) is 0. The van der Waals surface area contributed by atoms with Crippen LogP contribution in [-0.4, -0.2) is 17.5 Å². The predicted octanol–water partition coefficient (Wildman–Crippen LogP) is 5.28. The molecule has 1 heterocycles. The Labute approximate surface area is 171 Å². The topological polar surface area (TPSA) is 77.2 Å². The van der Waals surface area contributed by atoms with E-state index < -0.39 is 0 Å². The van der Waals surface area contributed by atoms with Crippen LogP contribution < -0.4 is 15.8 Å². The van der Waals surface area contributed by atoms with E-state index >= 15 is 0 Å². The minimum atomic E-state index is -0.221. The molecular weight excluding hydrogens is 405 g/mol. The quantitative estimate of drug-likeness (QED) is 0.530. The monoisotopic (exact) mass is 421 g/mol. The van der Waals surface area contributed by atoms with Crippen LogP contribution in [-0.2, 0) is 11.2 Å². The molecule has 1 aromatic heterocycles. The number of nitrogens with zero attached hydrogens (tertiary/aromatic N) is 1. The van der Waals surface area contributed by atoms with E-state index in [9.17, 15) is 4.79 Å². The van der Waals surface area contributed by atoms with E-state index in [1.54, 1.807) is 12.1 Å². The van der Waals surface area contributed by atoms with Gasteiger partial charge in [0.2, 0.25) is 5.91 Å². The molecule has 3 rings (SSSR count). The maximum atomic E-state index is 12.3. The molecule has 0 saturated carbocycles. The molecule has 5 nitrogen and oxygen atoms in total. The van der Waals surface area contributed by atoms with Crippen molar-refractivity contribution in [3.63, 3.8) is 0 Å². The number of hydrogen-bond acceptors (Lipinski definition) is 5.